The molecule has 26 heavy (non-hydrogen) atoms. The summed E-state index contributed by atoms with van der Waals surface area (Å²) in [6.07, 6.45) is 4.10. The Labute approximate surface area is 158 Å². The Kier molecular flexibility index (Phi) is 4.50. The summed E-state index contributed by atoms with van der Waals surface area (Å²) in [5.74, 6) is -0.327. The molecule has 2 aromatic heterocycles. The third-order valence-corrected chi connectivity index (χ3v) is 6.09. The molecule has 1 amide bonds. The van der Waals surface area contributed by atoms with E-state index in [1.807, 2.05) is 0 Å². The molecule has 0 bridgehead atoms. The SMILES string of the molecule is CC(C(=O)Nc1ccc(Cl)cc1)n1nnc2sc3c(c2c1=O)CCCC3. The number of amides is 1. The fraction of sp³-hybridized carbons (Fsp3) is 0.333. The van der Waals surface area contributed by atoms with Crippen molar-refractivity contribution in [3.63, 3.8) is 0 Å². The van der Waals surface area contributed by atoms with Crippen molar-refractivity contribution in [1.82, 2.24) is 15.0 Å². The van der Waals surface area contributed by atoms with Gasteiger partial charge in [0.05, 0.1) is 5.39 Å². The Morgan fingerprint density at radius 3 is 2.77 bits per heavy atom. The summed E-state index contributed by atoms with van der Waals surface area (Å²) in [5.41, 5.74) is 1.46. The number of nitrogens with zero attached hydrogens (tertiary/aromatic N) is 3. The zero-order valence-corrected chi connectivity index (χ0v) is 15.7. The molecule has 0 spiro atoms. The normalized spacial score (nSPS) is 14.8. The van der Waals surface area contributed by atoms with Gasteiger partial charge in [0.25, 0.3) is 5.56 Å². The molecule has 1 aliphatic rings. The molecule has 1 unspecified atom stereocenters. The van der Waals surface area contributed by atoms with E-state index in [1.54, 1.807) is 42.5 Å². The monoisotopic (exact) mass is 388 g/mol. The van der Waals surface area contributed by atoms with Gasteiger partial charge < -0.3 is 5.32 Å². The van der Waals surface area contributed by atoms with Crippen LogP contribution in [0.3, 0.4) is 0 Å². The van der Waals surface area contributed by atoms with E-state index >= 15 is 0 Å². The Morgan fingerprint density at radius 2 is 2.00 bits per heavy atom. The average molecular weight is 389 g/mol. The lowest BCUT2D eigenvalue weighted by atomic mass is 9.97. The predicted octanol–water partition coefficient (Wildman–Crippen LogP) is 3.58. The molecular formula is C18H17ClN4O2S. The number of hydrogen-bond acceptors (Lipinski definition) is 5. The highest BCUT2D eigenvalue weighted by Gasteiger charge is 2.24. The molecule has 1 atom stereocenters. The van der Waals surface area contributed by atoms with Crippen LogP contribution in [0.1, 0.15) is 36.2 Å². The zero-order chi connectivity index (χ0) is 18.3. The summed E-state index contributed by atoms with van der Waals surface area (Å²) < 4.78 is 1.18. The van der Waals surface area contributed by atoms with Crippen LogP contribution in [0.5, 0.6) is 0 Å². The molecule has 1 aromatic carbocycles. The highest BCUT2D eigenvalue weighted by atomic mass is 35.5. The number of benzene rings is 1. The minimum absolute atomic E-state index is 0.242. The molecule has 0 saturated carbocycles. The zero-order valence-electron chi connectivity index (χ0n) is 14.2. The Hall–Kier alpha value is -2.25. The number of hydrogen-bond donors (Lipinski definition) is 1. The molecule has 3 aromatic rings. The number of fused-ring (bicyclic) bond motifs is 3. The molecule has 2 heterocycles. The van der Waals surface area contributed by atoms with Crippen molar-refractivity contribution >= 4 is 44.7 Å². The first kappa shape index (κ1) is 17.2. The van der Waals surface area contributed by atoms with E-state index in [9.17, 15) is 9.59 Å². The Balaban J connectivity index is 1.67. The van der Waals surface area contributed by atoms with E-state index in [0.717, 1.165) is 31.2 Å². The molecule has 6 nitrogen and oxygen atoms in total. The largest absolute Gasteiger partial charge is 0.324 e. The maximum atomic E-state index is 13.0. The molecule has 134 valence electrons. The first-order valence-electron chi connectivity index (χ1n) is 8.51. The van der Waals surface area contributed by atoms with E-state index in [-0.39, 0.29) is 11.5 Å². The average Bonchev–Trinajstić information content (AvgIpc) is 3.02. The molecule has 8 heteroatoms. The van der Waals surface area contributed by atoms with Gasteiger partial charge in [0, 0.05) is 15.6 Å². The second-order valence-electron chi connectivity index (χ2n) is 6.40. The number of aromatic nitrogens is 3. The van der Waals surface area contributed by atoms with Gasteiger partial charge in [-0.25, -0.2) is 0 Å². The third kappa shape index (κ3) is 3.01. The van der Waals surface area contributed by atoms with Gasteiger partial charge in [0.2, 0.25) is 5.91 Å². The maximum absolute atomic E-state index is 13.0. The highest BCUT2D eigenvalue weighted by Crippen LogP contribution is 2.33. The van der Waals surface area contributed by atoms with E-state index in [4.69, 9.17) is 11.6 Å². The lowest BCUT2D eigenvalue weighted by molar-refractivity contribution is -0.119. The van der Waals surface area contributed by atoms with Crippen LogP contribution in [0, 0.1) is 0 Å². The van der Waals surface area contributed by atoms with Crippen LogP contribution in [-0.4, -0.2) is 20.9 Å². The van der Waals surface area contributed by atoms with Crippen LogP contribution in [-0.2, 0) is 17.6 Å². The summed E-state index contributed by atoms with van der Waals surface area (Å²) in [5, 5.41) is 12.2. The van der Waals surface area contributed by atoms with Gasteiger partial charge in [-0.2, -0.15) is 4.68 Å². The molecule has 1 aliphatic carbocycles. The van der Waals surface area contributed by atoms with Gasteiger partial charge in [0.1, 0.15) is 6.04 Å². The molecule has 0 aliphatic heterocycles. The van der Waals surface area contributed by atoms with E-state index in [1.165, 1.54) is 9.56 Å². The minimum Gasteiger partial charge on any atom is -0.324 e. The lowest BCUT2D eigenvalue weighted by Gasteiger charge is -2.14. The van der Waals surface area contributed by atoms with Gasteiger partial charge >= 0.3 is 0 Å². The van der Waals surface area contributed by atoms with Crippen molar-refractivity contribution in [1.29, 1.82) is 0 Å². The minimum atomic E-state index is -0.769. The van der Waals surface area contributed by atoms with Gasteiger partial charge in [-0.15, -0.1) is 16.4 Å². The third-order valence-electron chi connectivity index (χ3n) is 4.66. The standard InChI is InChI=1S/C18H17ClN4O2S/c1-10(16(24)20-12-8-6-11(19)7-9-12)23-18(25)15-13-4-2-3-5-14(13)26-17(15)21-22-23/h6-10H,2-5H2,1H3,(H,20,24). The Bertz CT molecular complexity index is 1040. The number of aryl methyl sites for hydroxylation is 2. The van der Waals surface area contributed by atoms with Crippen LogP contribution in [0.4, 0.5) is 5.69 Å². The van der Waals surface area contributed by atoms with Gasteiger partial charge in [0.15, 0.2) is 4.83 Å². The van der Waals surface area contributed by atoms with Gasteiger partial charge in [-0.1, -0.05) is 16.8 Å². The van der Waals surface area contributed by atoms with Crippen molar-refractivity contribution in [2.24, 2.45) is 0 Å². The van der Waals surface area contributed by atoms with Crippen molar-refractivity contribution < 1.29 is 4.79 Å². The first-order valence-corrected chi connectivity index (χ1v) is 9.70. The molecular weight excluding hydrogens is 372 g/mol. The van der Waals surface area contributed by atoms with Crippen LogP contribution in [0.2, 0.25) is 5.02 Å². The van der Waals surface area contributed by atoms with Crippen molar-refractivity contribution in [3.05, 3.63) is 50.1 Å². The highest BCUT2D eigenvalue weighted by molar-refractivity contribution is 7.18. The number of rotatable bonds is 3. The number of thiophene rings is 1. The second-order valence-corrected chi connectivity index (χ2v) is 7.92. The number of carbonyl (C=O) groups is 1. The van der Waals surface area contributed by atoms with Crippen molar-refractivity contribution in [2.45, 2.75) is 38.6 Å². The molecule has 0 radical (unpaired) electrons. The molecule has 0 fully saturated rings. The van der Waals surface area contributed by atoms with E-state index in [0.29, 0.717) is 20.9 Å². The fourth-order valence-electron chi connectivity index (χ4n) is 3.23. The smallest absolute Gasteiger partial charge is 0.279 e. The summed E-state index contributed by atoms with van der Waals surface area (Å²) >= 11 is 7.40. The quantitative estimate of drug-likeness (QED) is 0.743. The van der Waals surface area contributed by atoms with E-state index < -0.39 is 6.04 Å². The molecule has 0 saturated heterocycles. The van der Waals surface area contributed by atoms with Crippen LogP contribution in [0.15, 0.2) is 29.1 Å². The second kappa shape index (κ2) is 6.81. The van der Waals surface area contributed by atoms with Crippen LogP contribution in [0.25, 0.3) is 10.2 Å². The summed E-state index contributed by atoms with van der Waals surface area (Å²) in [4.78, 5) is 27.4. The Morgan fingerprint density at radius 1 is 1.27 bits per heavy atom. The lowest BCUT2D eigenvalue weighted by Crippen LogP contribution is -2.34. The number of anilines is 1. The summed E-state index contributed by atoms with van der Waals surface area (Å²) in [7, 11) is 0. The van der Waals surface area contributed by atoms with Crippen molar-refractivity contribution in [2.75, 3.05) is 5.32 Å². The van der Waals surface area contributed by atoms with Gasteiger partial charge in [-0.3, -0.25) is 9.59 Å². The molecule has 4 rings (SSSR count). The number of halogens is 1. The van der Waals surface area contributed by atoms with Crippen molar-refractivity contribution in [3.8, 4) is 0 Å². The predicted molar refractivity (Wildman–Crippen MR) is 103 cm³/mol. The van der Waals surface area contributed by atoms with Crippen LogP contribution >= 0.6 is 22.9 Å². The van der Waals surface area contributed by atoms with Crippen LogP contribution < -0.4 is 10.9 Å². The number of carbonyl (C=O) groups excluding carboxylic acids is 1. The van der Waals surface area contributed by atoms with E-state index in [2.05, 4.69) is 15.6 Å². The first-order chi connectivity index (χ1) is 12.5. The summed E-state index contributed by atoms with van der Waals surface area (Å²) in [6.45, 7) is 1.64. The maximum Gasteiger partial charge on any atom is 0.279 e. The fourth-order valence-corrected chi connectivity index (χ4v) is 4.55. The molecule has 1 N–H and O–H groups in total. The summed E-state index contributed by atoms with van der Waals surface area (Å²) in [6, 6.07) is 6.03. The topological polar surface area (TPSA) is 76.9 Å². The van der Waals surface area contributed by atoms with Gasteiger partial charge in [-0.05, 0) is 62.4 Å². The number of nitrogens with one attached hydrogen (secondary N) is 1.